The van der Waals surface area contributed by atoms with E-state index in [1.807, 2.05) is 18.2 Å². The fourth-order valence-corrected chi connectivity index (χ4v) is 4.23. The van der Waals surface area contributed by atoms with Gasteiger partial charge < -0.3 is 16.4 Å². The lowest BCUT2D eigenvalue weighted by Gasteiger charge is -2.14. The maximum atomic E-state index is 13.0. The number of nitrogens with zero attached hydrogens (tertiary/aromatic N) is 5. The summed E-state index contributed by atoms with van der Waals surface area (Å²) in [6, 6.07) is 9.13. The minimum atomic E-state index is -0.466. The Morgan fingerprint density at radius 3 is 2.88 bits per heavy atom. The van der Waals surface area contributed by atoms with Crippen LogP contribution >= 0.6 is 11.6 Å². The molecule has 1 aliphatic heterocycles. The molecule has 0 aliphatic carbocycles. The number of nitrogens with one attached hydrogen (secondary N) is 2. The van der Waals surface area contributed by atoms with Gasteiger partial charge in [0.1, 0.15) is 11.4 Å². The predicted octanol–water partition coefficient (Wildman–Crippen LogP) is 2.19. The molecule has 1 aliphatic rings. The normalized spacial score (nSPS) is 15.5. The molecule has 1 fully saturated rings. The van der Waals surface area contributed by atoms with Gasteiger partial charge in [0.15, 0.2) is 11.5 Å². The zero-order valence-electron chi connectivity index (χ0n) is 18.2. The number of nitrogens with two attached hydrogens (primary N) is 1. The topological polar surface area (TPSA) is 141 Å². The molecular weight excluding hydrogens is 456 g/mol. The Morgan fingerprint density at radius 1 is 1.29 bits per heavy atom. The van der Waals surface area contributed by atoms with Crippen LogP contribution in [0.2, 0.25) is 5.02 Å². The molecule has 4 N–H and O–H groups in total. The number of aryl methyl sites for hydroxylation is 1. The quantitative estimate of drug-likeness (QED) is 0.401. The minimum absolute atomic E-state index is 0.00521. The zero-order chi connectivity index (χ0) is 23.8. The van der Waals surface area contributed by atoms with Crippen molar-refractivity contribution >= 4 is 40.1 Å². The van der Waals surface area contributed by atoms with Gasteiger partial charge in [-0.1, -0.05) is 17.7 Å². The molecule has 5 rings (SSSR count). The largest absolute Gasteiger partial charge is 0.382 e. The highest BCUT2D eigenvalue weighted by Crippen LogP contribution is 2.34. The van der Waals surface area contributed by atoms with Crippen LogP contribution in [0, 0.1) is 5.92 Å². The Hall–Kier alpha value is -4.05. The van der Waals surface area contributed by atoms with Crippen molar-refractivity contribution < 1.29 is 9.59 Å². The van der Waals surface area contributed by atoms with Gasteiger partial charge in [0.05, 0.1) is 16.2 Å². The molecule has 34 heavy (non-hydrogen) atoms. The number of hydrogen-bond donors (Lipinski definition) is 3. The maximum absolute atomic E-state index is 13.0. The van der Waals surface area contributed by atoms with Gasteiger partial charge in [0.25, 0.3) is 5.91 Å². The van der Waals surface area contributed by atoms with E-state index < -0.39 is 5.91 Å². The molecule has 4 aromatic rings. The first kappa shape index (κ1) is 21.8. The molecule has 1 aromatic carbocycles. The first-order valence-corrected chi connectivity index (χ1v) is 11.0. The van der Waals surface area contributed by atoms with Gasteiger partial charge in [-0.05, 0) is 24.3 Å². The molecule has 0 bridgehead atoms. The van der Waals surface area contributed by atoms with E-state index in [0.717, 1.165) is 5.39 Å². The Labute approximate surface area is 199 Å². The lowest BCUT2D eigenvalue weighted by molar-refractivity contribution is -0.119. The lowest BCUT2D eigenvalue weighted by atomic mass is 10.0. The summed E-state index contributed by atoms with van der Waals surface area (Å²) in [4.78, 5) is 37.9. The SMILES string of the molecule is Cn1ccc(-c2nc(N)c(C(=O)NCC3CNC(=O)C3)nc2-c2cc(Cl)c3ncccc3c2)n1. The molecule has 3 aromatic heterocycles. The van der Waals surface area contributed by atoms with Crippen LogP contribution < -0.4 is 16.4 Å². The van der Waals surface area contributed by atoms with E-state index in [2.05, 4.69) is 30.7 Å². The van der Waals surface area contributed by atoms with E-state index >= 15 is 0 Å². The van der Waals surface area contributed by atoms with Gasteiger partial charge in [0, 0.05) is 55.8 Å². The number of nitrogen functional groups attached to an aromatic ring is 1. The van der Waals surface area contributed by atoms with Crippen LogP contribution in [0.25, 0.3) is 33.5 Å². The summed E-state index contributed by atoms with van der Waals surface area (Å²) in [7, 11) is 1.79. The highest BCUT2D eigenvalue weighted by Gasteiger charge is 2.25. The third-order valence-corrected chi connectivity index (χ3v) is 5.93. The third-order valence-electron chi connectivity index (χ3n) is 5.64. The van der Waals surface area contributed by atoms with E-state index in [0.29, 0.717) is 52.7 Å². The highest BCUT2D eigenvalue weighted by atomic mass is 35.5. The summed E-state index contributed by atoms with van der Waals surface area (Å²) < 4.78 is 1.64. The third kappa shape index (κ3) is 4.15. The van der Waals surface area contributed by atoms with Crippen molar-refractivity contribution in [1.82, 2.24) is 35.4 Å². The van der Waals surface area contributed by atoms with Gasteiger partial charge in [-0.25, -0.2) is 9.97 Å². The molecule has 1 atom stereocenters. The molecule has 0 radical (unpaired) electrons. The van der Waals surface area contributed by atoms with Gasteiger partial charge in [-0.3, -0.25) is 19.3 Å². The molecule has 0 spiro atoms. The van der Waals surface area contributed by atoms with Crippen molar-refractivity contribution in [3.05, 3.63) is 53.4 Å². The van der Waals surface area contributed by atoms with E-state index in [1.165, 1.54) is 0 Å². The van der Waals surface area contributed by atoms with Crippen LogP contribution in [-0.2, 0) is 11.8 Å². The molecule has 11 heteroatoms. The average Bonchev–Trinajstić information content (AvgIpc) is 3.45. The first-order valence-electron chi connectivity index (χ1n) is 10.7. The van der Waals surface area contributed by atoms with E-state index in [1.54, 1.807) is 36.3 Å². The Kier molecular flexibility index (Phi) is 5.58. The summed E-state index contributed by atoms with van der Waals surface area (Å²) >= 11 is 6.51. The van der Waals surface area contributed by atoms with Gasteiger partial charge >= 0.3 is 0 Å². The molecule has 1 saturated heterocycles. The van der Waals surface area contributed by atoms with Crippen LogP contribution in [0.5, 0.6) is 0 Å². The van der Waals surface area contributed by atoms with Crippen LogP contribution in [0.3, 0.4) is 0 Å². The molecule has 1 unspecified atom stereocenters. The number of hydrogen-bond acceptors (Lipinski definition) is 7. The highest BCUT2D eigenvalue weighted by molar-refractivity contribution is 6.35. The molecule has 4 heterocycles. The summed E-state index contributed by atoms with van der Waals surface area (Å²) in [5.41, 5.74) is 8.88. The van der Waals surface area contributed by atoms with E-state index in [-0.39, 0.29) is 23.3 Å². The lowest BCUT2D eigenvalue weighted by Crippen LogP contribution is -2.31. The van der Waals surface area contributed by atoms with Crippen molar-refractivity contribution in [1.29, 1.82) is 0 Å². The summed E-state index contributed by atoms with van der Waals surface area (Å²) in [5.74, 6) is -0.490. The van der Waals surface area contributed by atoms with Crippen molar-refractivity contribution in [2.24, 2.45) is 13.0 Å². The summed E-state index contributed by atoms with van der Waals surface area (Å²) in [6.07, 6.45) is 3.83. The van der Waals surface area contributed by atoms with Crippen molar-refractivity contribution in [2.45, 2.75) is 6.42 Å². The van der Waals surface area contributed by atoms with Crippen LogP contribution in [0.4, 0.5) is 5.82 Å². The molecule has 0 saturated carbocycles. The monoisotopic (exact) mass is 476 g/mol. The van der Waals surface area contributed by atoms with Crippen LogP contribution in [0.1, 0.15) is 16.9 Å². The number of amides is 2. The molecular formula is C23H21ClN8O2. The number of fused-ring (bicyclic) bond motifs is 1. The number of carbonyl (C=O) groups excluding carboxylic acids is 2. The second-order valence-corrected chi connectivity index (χ2v) is 8.55. The molecule has 2 amide bonds. The van der Waals surface area contributed by atoms with Gasteiger partial charge in [-0.2, -0.15) is 5.10 Å². The fourth-order valence-electron chi connectivity index (χ4n) is 3.95. The second kappa shape index (κ2) is 8.71. The molecule has 172 valence electrons. The smallest absolute Gasteiger partial charge is 0.273 e. The standard InChI is InChI=1S/C23H21ClN8O2/c1-32-6-4-16(31-32)20-19(14-8-13-3-2-5-26-18(13)15(24)9-14)29-21(22(25)30-20)23(34)28-11-12-7-17(33)27-10-12/h2-6,8-9,12H,7,10-11H2,1H3,(H2,25,30)(H,27,33)(H,28,34). The van der Waals surface area contributed by atoms with Gasteiger partial charge in [-0.15, -0.1) is 0 Å². The molecule has 10 nitrogen and oxygen atoms in total. The number of anilines is 1. The number of aromatic nitrogens is 5. The zero-order valence-corrected chi connectivity index (χ0v) is 19.0. The Balaban J connectivity index is 1.58. The fraction of sp³-hybridized carbons (Fsp3) is 0.217. The van der Waals surface area contributed by atoms with Crippen LogP contribution in [0.15, 0.2) is 42.7 Å². The van der Waals surface area contributed by atoms with Gasteiger partial charge in [0.2, 0.25) is 5.91 Å². The number of pyridine rings is 1. The maximum Gasteiger partial charge on any atom is 0.273 e. The van der Waals surface area contributed by atoms with E-state index in [9.17, 15) is 9.59 Å². The number of rotatable bonds is 5. The summed E-state index contributed by atoms with van der Waals surface area (Å²) in [5, 5.41) is 11.3. The van der Waals surface area contributed by atoms with Crippen molar-refractivity contribution in [3.63, 3.8) is 0 Å². The number of carbonyl (C=O) groups is 2. The van der Waals surface area contributed by atoms with Crippen molar-refractivity contribution in [2.75, 3.05) is 18.8 Å². The Bertz CT molecular complexity index is 1430. The average molecular weight is 477 g/mol. The second-order valence-electron chi connectivity index (χ2n) is 8.15. The number of halogens is 1. The van der Waals surface area contributed by atoms with Crippen LogP contribution in [-0.4, -0.2) is 49.6 Å². The first-order chi connectivity index (χ1) is 16.4. The number of benzene rings is 1. The van der Waals surface area contributed by atoms with E-state index in [4.69, 9.17) is 17.3 Å². The predicted molar refractivity (Wildman–Crippen MR) is 128 cm³/mol. The Morgan fingerprint density at radius 2 is 2.15 bits per heavy atom. The van der Waals surface area contributed by atoms with Crippen molar-refractivity contribution in [3.8, 4) is 22.6 Å². The minimum Gasteiger partial charge on any atom is -0.382 e. The summed E-state index contributed by atoms with van der Waals surface area (Å²) in [6.45, 7) is 0.844.